The summed E-state index contributed by atoms with van der Waals surface area (Å²) in [5.74, 6) is 0.577. The quantitative estimate of drug-likeness (QED) is 0.699. The maximum atomic E-state index is 13.4. The minimum atomic E-state index is -0.214. The predicted molar refractivity (Wildman–Crippen MR) is 82.6 cm³/mol. The lowest BCUT2D eigenvalue weighted by molar-refractivity contribution is 0.299. The number of halogens is 1. The molecular weight excluding hydrogens is 253 g/mol. The highest BCUT2D eigenvalue weighted by Gasteiger charge is 2.11. The van der Waals surface area contributed by atoms with Crippen molar-refractivity contribution in [2.24, 2.45) is 0 Å². The van der Waals surface area contributed by atoms with Gasteiger partial charge < -0.3 is 10.1 Å². The summed E-state index contributed by atoms with van der Waals surface area (Å²) in [4.78, 5) is 0. The fraction of sp³-hybridized carbons (Fsp3) is 0.647. The van der Waals surface area contributed by atoms with Crippen molar-refractivity contribution in [1.29, 1.82) is 0 Å². The van der Waals surface area contributed by atoms with Crippen LogP contribution in [0, 0.1) is 5.82 Å². The van der Waals surface area contributed by atoms with Crippen molar-refractivity contribution in [1.82, 2.24) is 5.32 Å². The van der Waals surface area contributed by atoms with Crippen molar-refractivity contribution in [2.45, 2.75) is 65.5 Å². The Kier molecular flexibility index (Phi) is 7.00. The van der Waals surface area contributed by atoms with Crippen LogP contribution in [-0.4, -0.2) is 12.1 Å². The molecule has 0 aliphatic carbocycles. The molecular formula is C17H28FNO. The summed E-state index contributed by atoms with van der Waals surface area (Å²) in [5.41, 5.74) is 0.889. The monoisotopic (exact) mass is 281 g/mol. The van der Waals surface area contributed by atoms with E-state index in [1.54, 1.807) is 12.1 Å². The van der Waals surface area contributed by atoms with E-state index in [0.29, 0.717) is 13.2 Å². The summed E-state index contributed by atoms with van der Waals surface area (Å²) in [6.07, 6.45) is 4.70. The van der Waals surface area contributed by atoms with Crippen molar-refractivity contribution < 1.29 is 9.13 Å². The molecule has 0 bridgehead atoms. The molecule has 0 atom stereocenters. The fourth-order valence-electron chi connectivity index (χ4n) is 1.90. The number of ether oxygens (including phenoxy) is 1. The lowest BCUT2D eigenvalue weighted by Gasteiger charge is -2.21. The highest BCUT2D eigenvalue weighted by atomic mass is 19.1. The second kappa shape index (κ2) is 8.25. The van der Waals surface area contributed by atoms with Gasteiger partial charge in [0, 0.05) is 17.6 Å². The molecule has 20 heavy (non-hydrogen) atoms. The number of hydrogen-bond acceptors (Lipinski definition) is 2. The first-order valence-electron chi connectivity index (χ1n) is 7.58. The van der Waals surface area contributed by atoms with Crippen LogP contribution in [0.3, 0.4) is 0 Å². The number of unbranched alkanes of at least 4 members (excludes halogenated alkanes) is 3. The molecule has 0 aliphatic rings. The van der Waals surface area contributed by atoms with Crippen LogP contribution in [0.1, 0.15) is 58.9 Å². The van der Waals surface area contributed by atoms with Crippen LogP contribution in [0.15, 0.2) is 18.2 Å². The zero-order valence-electron chi connectivity index (χ0n) is 13.3. The number of nitrogens with one attached hydrogen (secondary N) is 1. The van der Waals surface area contributed by atoms with Crippen molar-refractivity contribution in [3.8, 4) is 5.75 Å². The van der Waals surface area contributed by atoms with E-state index in [9.17, 15) is 4.39 Å². The summed E-state index contributed by atoms with van der Waals surface area (Å²) >= 11 is 0. The van der Waals surface area contributed by atoms with Crippen LogP contribution in [0.4, 0.5) is 4.39 Å². The molecule has 0 unspecified atom stereocenters. The van der Waals surface area contributed by atoms with Crippen molar-refractivity contribution in [2.75, 3.05) is 6.61 Å². The van der Waals surface area contributed by atoms with Gasteiger partial charge in [0.1, 0.15) is 11.6 Å². The first kappa shape index (κ1) is 17.0. The minimum Gasteiger partial charge on any atom is -0.493 e. The van der Waals surface area contributed by atoms with Gasteiger partial charge in [0.15, 0.2) is 0 Å². The molecule has 0 amide bonds. The van der Waals surface area contributed by atoms with E-state index in [2.05, 4.69) is 33.0 Å². The first-order valence-corrected chi connectivity index (χ1v) is 7.58. The highest BCUT2D eigenvalue weighted by Crippen LogP contribution is 2.21. The Balaban J connectivity index is 2.56. The van der Waals surface area contributed by atoms with Gasteiger partial charge in [0.05, 0.1) is 6.61 Å². The van der Waals surface area contributed by atoms with E-state index in [1.165, 1.54) is 25.3 Å². The van der Waals surface area contributed by atoms with Gasteiger partial charge in [-0.25, -0.2) is 4.39 Å². The SMILES string of the molecule is CCCCCCOc1ccc(F)cc1CNC(C)(C)C. The second-order valence-corrected chi connectivity index (χ2v) is 6.26. The Labute approximate surface area is 122 Å². The van der Waals surface area contributed by atoms with E-state index in [4.69, 9.17) is 4.74 Å². The minimum absolute atomic E-state index is 0.00468. The molecule has 0 heterocycles. The van der Waals surface area contributed by atoms with Gasteiger partial charge in [0.2, 0.25) is 0 Å². The fourth-order valence-corrected chi connectivity index (χ4v) is 1.90. The third-order valence-electron chi connectivity index (χ3n) is 3.09. The van der Waals surface area contributed by atoms with Gasteiger partial charge in [-0.05, 0) is 45.4 Å². The topological polar surface area (TPSA) is 21.3 Å². The molecule has 3 heteroatoms. The van der Waals surface area contributed by atoms with Crippen LogP contribution in [0.2, 0.25) is 0 Å². The molecule has 0 saturated heterocycles. The normalized spacial score (nSPS) is 11.7. The Hall–Kier alpha value is -1.09. The van der Waals surface area contributed by atoms with Crippen LogP contribution in [0.25, 0.3) is 0 Å². The second-order valence-electron chi connectivity index (χ2n) is 6.26. The van der Waals surface area contributed by atoms with E-state index >= 15 is 0 Å². The number of benzene rings is 1. The first-order chi connectivity index (χ1) is 9.42. The highest BCUT2D eigenvalue weighted by molar-refractivity contribution is 5.34. The molecule has 0 radical (unpaired) electrons. The molecule has 2 nitrogen and oxygen atoms in total. The summed E-state index contributed by atoms with van der Waals surface area (Å²) in [7, 11) is 0. The Morgan fingerprint density at radius 2 is 1.90 bits per heavy atom. The third kappa shape index (κ3) is 6.90. The van der Waals surface area contributed by atoms with Crippen molar-refractivity contribution >= 4 is 0 Å². The number of hydrogen-bond donors (Lipinski definition) is 1. The molecule has 1 N–H and O–H groups in total. The van der Waals surface area contributed by atoms with E-state index in [1.807, 2.05) is 0 Å². The lowest BCUT2D eigenvalue weighted by atomic mass is 10.1. The molecule has 1 aromatic rings. The third-order valence-corrected chi connectivity index (χ3v) is 3.09. The molecule has 0 aromatic heterocycles. The average Bonchev–Trinajstić information content (AvgIpc) is 2.37. The van der Waals surface area contributed by atoms with Crippen molar-refractivity contribution in [3.05, 3.63) is 29.6 Å². The molecule has 0 spiro atoms. The van der Waals surface area contributed by atoms with Gasteiger partial charge in [-0.1, -0.05) is 26.2 Å². The standard InChI is InChI=1S/C17H28FNO/c1-5-6-7-8-11-20-16-10-9-15(18)12-14(16)13-19-17(2,3)4/h9-10,12,19H,5-8,11,13H2,1-4H3. The average molecular weight is 281 g/mol. The van der Waals surface area contributed by atoms with Gasteiger partial charge in [-0.2, -0.15) is 0 Å². The van der Waals surface area contributed by atoms with Gasteiger partial charge in [-0.15, -0.1) is 0 Å². The van der Waals surface area contributed by atoms with Gasteiger partial charge in [0.25, 0.3) is 0 Å². The zero-order valence-corrected chi connectivity index (χ0v) is 13.3. The Bertz CT molecular complexity index is 398. The molecule has 1 aromatic carbocycles. The summed E-state index contributed by atoms with van der Waals surface area (Å²) in [6, 6.07) is 4.75. The van der Waals surface area contributed by atoms with E-state index in [-0.39, 0.29) is 11.4 Å². The maximum absolute atomic E-state index is 13.4. The molecule has 114 valence electrons. The van der Waals surface area contributed by atoms with Crippen LogP contribution >= 0.6 is 0 Å². The maximum Gasteiger partial charge on any atom is 0.123 e. The Morgan fingerprint density at radius 1 is 1.15 bits per heavy atom. The molecule has 0 saturated carbocycles. The number of rotatable bonds is 8. The molecule has 0 fully saturated rings. The molecule has 0 aliphatic heterocycles. The summed E-state index contributed by atoms with van der Waals surface area (Å²) < 4.78 is 19.2. The van der Waals surface area contributed by atoms with Gasteiger partial charge in [-0.3, -0.25) is 0 Å². The van der Waals surface area contributed by atoms with Crippen molar-refractivity contribution in [3.63, 3.8) is 0 Å². The van der Waals surface area contributed by atoms with E-state index in [0.717, 1.165) is 17.7 Å². The molecule has 1 rings (SSSR count). The summed E-state index contributed by atoms with van der Waals surface area (Å²) in [6.45, 7) is 9.80. The van der Waals surface area contributed by atoms with Crippen LogP contribution in [-0.2, 0) is 6.54 Å². The van der Waals surface area contributed by atoms with Crippen LogP contribution < -0.4 is 10.1 Å². The Morgan fingerprint density at radius 3 is 2.55 bits per heavy atom. The van der Waals surface area contributed by atoms with Gasteiger partial charge >= 0.3 is 0 Å². The largest absolute Gasteiger partial charge is 0.493 e. The smallest absolute Gasteiger partial charge is 0.123 e. The lowest BCUT2D eigenvalue weighted by Crippen LogP contribution is -2.35. The zero-order chi connectivity index (χ0) is 15.0. The van der Waals surface area contributed by atoms with E-state index < -0.39 is 0 Å². The predicted octanol–water partition coefficient (Wildman–Crippen LogP) is 4.67. The van der Waals surface area contributed by atoms with Crippen LogP contribution in [0.5, 0.6) is 5.75 Å². The summed E-state index contributed by atoms with van der Waals surface area (Å²) in [5, 5.41) is 3.37.